The Morgan fingerprint density at radius 1 is 1.05 bits per heavy atom. The Labute approximate surface area is 135 Å². The van der Waals surface area contributed by atoms with Gasteiger partial charge >= 0.3 is 0 Å². The maximum atomic E-state index is 9.32. The molecule has 0 atom stereocenters. The Morgan fingerprint density at radius 2 is 1.76 bits per heavy atom. The molecule has 2 heterocycles. The number of nitrogens with zero attached hydrogens (tertiary/aromatic N) is 3. The minimum atomic E-state index is 0.752. The maximum absolute atomic E-state index is 9.32. The van der Waals surface area contributed by atoms with Crippen molar-refractivity contribution >= 4 is 21.6 Å². The molecule has 3 nitrogen and oxygen atoms in total. The van der Waals surface area contributed by atoms with Gasteiger partial charge in [-0.2, -0.15) is 5.26 Å². The molecule has 0 unspecified atom stereocenters. The molecule has 2 aliphatic heterocycles. The SMILES string of the molecule is N#Cc1cc(Br)ccc1N1CCC(N2CCCCC2)CC1. The van der Waals surface area contributed by atoms with Crippen LogP contribution >= 0.6 is 15.9 Å². The average molecular weight is 348 g/mol. The summed E-state index contributed by atoms with van der Waals surface area (Å²) in [6, 6.07) is 9.11. The summed E-state index contributed by atoms with van der Waals surface area (Å²) in [7, 11) is 0. The highest BCUT2D eigenvalue weighted by Gasteiger charge is 2.26. The van der Waals surface area contributed by atoms with E-state index in [2.05, 4.69) is 37.9 Å². The Balaban J connectivity index is 1.64. The summed E-state index contributed by atoms with van der Waals surface area (Å²) in [5, 5.41) is 9.32. The number of hydrogen-bond donors (Lipinski definition) is 0. The van der Waals surface area contributed by atoms with Gasteiger partial charge in [-0.1, -0.05) is 22.4 Å². The molecule has 1 aromatic rings. The van der Waals surface area contributed by atoms with E-state index in [9.17, 15) is 5.26 Å². The summed E-state index contributed by atoms with van der Waals surface area (Å²) in [5.74, 6) is 0. The number of nitriles is 1. The minimum Gasteiger partial charge on any atom is -0.370 e. The van der Waals surface area contributed by atoms with Gasteiger partial charge in [0.15, 0.2) is 0 Å². The van der Waals surface area contributed by atoms with Crippen molar-refractivity contribution in [3.05, 3.63) is 28.2 Å². The number of anilines is 1. The van der Waals surface area contributed by atoms with Crippen LogP contribution in [0.25, 0.3) is 0 Å². The summed E-state index contributed by atoms with van der Waals surface area (Å²) in [6.45, 7) is 4.70. The molecule has 0 aromatic heterocycles. The lowest BCUT2D eigenvalue weighted by atomic mass is 9.99. The van der Waals surface area contributed by atoms with Crippen LogP contribution in [0.15, 0.2) is 22.7 Å². The van der Waals surface area contributed by atoms with E-state index in [1.165, 1.54) is 45.2 Å². The minimum absolute atomic E-state index is 0.752. The van der Waals surface area contributed by atoms with Gasteiger partial charge < -0.3 is 9.80 Å². The Morgan fingerprint density at radius 3 is 2.43 bits per heavy atom. The summed E-state index contributed by atoms with van der Waals surface area (Å²) in [5.41, 5.74) is 1.87. The first-order chi connectivity index (χ1) is 10.3. The quantitative estimate of drug-likeness (QED) is 0.815. The summed E-state index contributed by atoms with van der Waals surface area (Å²) in [4.78, 5) is 5.07. The lowest BCUT2D eigenvalue weighted by molar-refractivity contribution is 0.141. The van der Waals surface area contributed by atoms with E-state index in [1.54, 1.807) is 0 Å². The third-order valence-corrected chi connectivity index (χ3v) is 5.28. The molecule has 0 bridgehead atoms. The first-order valence-electron chi connectivity index (χ1n) is 7.96. The van der Waals surface area contributed by atoms with Crippen LogP contribution in [0.3, 0.4) is 0 Å². The maximum Gasteiger partial charge on any atom is 0.101 e. The van der Waals surface area contributed by atoms with Crippen molar-refractivity contribution < 1.29 is 0 Å². The molecule has 1 aromatic carbocycles. The third-order valence-electron chi connectivity index (χ3n) is 4.79. The summed E-state index contributed by atoms with van der Waals surface area (Å²) in [6.07, 6.45) is 6.58. The van der Waals surface area contributed by atoms with Crippen molar-refractivity contribution in [3.63, 3.8) is 0 Å². The van der Waals surface area contributed by atoms with Gasteiger partial charge in [-0.25, -0.2) is 0 Å². The fourth-order valence-corrected chi connectivity index (χ4v) is 3.99. The Hall–Kier alpha value is -1.05. The summed E-state index contributed by atoms with van der Waals surface area (Å²) >= 11 is 3.45. The van der Waals surface area contributed by atoms with Crippen molar-refractivity contribution in [2.75, 3.05) is 31.1 Å². The van der Waals surface area contributed by atoms with Crippen molar-refractivity contribution in [1.82, 2.24) is 4.90 Å². The second-order valence-corrected chi connectivity index (χ2v) is 7.00. The number of piperidine rings is 2. The normalized spacial score (nSPS) is 21.2. The van der Waals surface area contributed by atoms with Crippen LogP contribution in [0, 0.1) is 11.3 Å². The van der Waals surface area contributed by atoms with Crippen molar-refractivity contribution in [2.45, 2.75) is 38.1 Å². The zero-order valence-corrected chi connectivity index (χ0v) is 14.0. The van der Waals surface area contributed by atoms with Crippen molar-refractivity contribution in [1.29, 1.82) is 5.26 Å². The van der Waals surface area contributed by atoms with Gasteiger partial charge in [-0.15, -0.1) is 0 Å². The van der Waals surface area contributed by atoms with Crippen LogP contribution in [-0.4, -0.2) is 37.1 Å². The Kier molecular flexibility index (Phi) is 4.82. The molecule has 3 rings (SSSR count). The number of rotatable bonds is 2. The molecule has 0 N–H and O–H groups in total. The molecule has 2 saturated heterocycles. The zero-order chi connectivity index (χ0) is 14.7. The smallest absolute Gasteiger partial charge is 0.101 e. The van der Waals surface area contributed by atoms with E-state index in [0.717, 1.165) is 34.9 Å². The van der Waals surface area contributed by atoms with Gasteiger partial charge in [0, 0.05) is 23.6 Å². The van der Waals surface area contributed by atoms with Crippen LogP contribution in [0.1, 0.15) is 37.7 Å². The highest BCUT2D eigenvalue weighted by Crippen LogP contribution is 2.28. The van der Waals surface area contributed by atoms with Crippen LogP contribution < -0.4 is 4.90 Å². The zero-order valence-electron chi connectivity index (χ0n) is 12.4. The molecular weight excluding hydrogens is 326 g/mol. The van der Waals surface area contributed by atoms with Gasteiger partial charge in [0.2, 0.25) is 0 Å². The standard InChI is InChI=1S/C17H22BrN3/c18-15-4-5-17(14(12-15)13-19)21-10-6-16(7-11-21)20-8-2-1-3-9-20/h4-5,12,16H,1-3,6-11H2. The fourth-order valence-electron chi connectivity index (χ4n) is 3.63. The van der Waals surface area contributed by atoms with E-state index in [4.69, 9.17) is 0 Å². The van der Waals surface area contributed by atoms with Crippen LogP contribution in [0.2, 0.25) is 0 Å². The predicted molar refractivity (Wildman–Crippen MR) is 89.5 cm³/mol. The molecule has 21 heavy (non-hydrogen) atoms. The first kappa shape index (κ1) is 14.9. The third kappa shape index (κ3) is 3.41. The molecular formula is C17H22BrN3. The largest absolute Gasteiger partial charge is 0.370 e. The molecule has 0 spiro atoms. The molecule has 4 heteroatoms. The molecule has 0 saturated carbocycles. The van der Waals surface area contributed by atoms with Crippen molar-refractivity contribution in [3.8, 4) is 6.07 Å². The van der Waals surface area contributed by atoms with Crippen LogP contribution in [0.4, 0.5) is 5.69 Å². The lowest BCUT2D eigenvalue weighted by Crippen LogP contribution is -2.46. The summed E-state index contributed by atoms with van der Waals surface area (Å²) < 4.78 is 0.978. The molecule has 0 aliphatic carbocycles. The van der Waals surface area contributed by atoms with Crippen LogP contribution in [-0.2, 0) is 0 Å². The topological polar surface area (TPSA) is 30.3 Å². The molecule has 2 aliphatic rings. The number of hydrogen-bond acceptors (Lipinski definition) is 3. The number of halogens is 1. The van der Waals surface area contributed by atoms with E-state index < -0.39 is 0 Å². The molecule has 112 valence electrons. The molecule has 2 fully saturated rings. The second kappa shape index (κ2) is 6.81. The number of likely N-dealkylation sites (tertiary alicyclic amines) is 1. The highest BCUT2D eigenvalue weighted by atomic mass is 79.9. The average Bonchev–Trinajstić information content (AvgIpc) is 2.56. The predicted octanol–water partition coefficient (Wildman–Crippen LogP) is 3.78. The van der Waals surface area contributed by atoms with E-state index in [0.29, 0.717) is 0 Å². The highest BCUT2D eigenvalue weighted by molar-refractivity contribution is 9.10. The second-order valence-electron chi connectivity index (χ2n) is 6.09. The van der Waals surface area contributed by atoms with Crippen molar-refractivity contribution in [2.24, 2.45) is 0 Å². The van der Waals surface area contributed by atoms with E-state index in [-0.39, 0.29) is 0 Å². The first-order valence-corrected chi connectivity index (χ1v) is 8.76. The molecule has 0 amide bonds. The van der Waals surface area contributed by atoms with E-state index in [1.807, 2.05) is 12.1 Å². The van der Waals surface area contributed by atoms with Gasteiger partial charge in [-0.05, 0) is 57.0 Å². The van der Waals surface area contributed by atoms with Crippen LogP contribution in [0.5, 0.6) is 0 Å². The van der Waals surface area contributed by atoms with Gasteiger partial charge in [-0.3, -0.25) is 0 Å². The monoisotopic (exact) mass is 347 g/mol. The Bertz CT molecular complexity index is 523. The van der Waals surface area contributed by atoms with Gasteiger partial charge in [0.1, 0.15) is 6.07 Å². The number of benzene rings is 1. The van der Waals surface area contributed by atoms with Gasteiger partial charge in [0.05, 0.1) is 11.3 Å². The van der Waals surface area contributed by atoms with Gasteiger partial charge in [0.25, 0.3) is 0 Å². The fraction of sp³-hybridized carbons (Fsp3) is 0.588. The van der Waals surface area contributed by atoms with E-state index >= 15 is 0 Å². The lowest BCUT2D eigenvalue weighted by Gasteiger charge is -2.41. The molecule has 0 radical (unpaired) electrons.